The van der Waals surface area contributed by atoms with Gasteiger partial charge in [-0.05, 0) is 40.7 Å². The molecule has 21 heavy (non-hydrogen) atoms. The van der Waals surface area contributed by atoms with Crippen LogP contribution in [-0.4, -0.2) is 0 Å². The zero-order valence-corrected chi connectivity index (χ0v) is 15.0. The standard InChI is InChI=1S/C18H21BrClN/c1-4-18(2,3)13-7-5-12(6-8-13)17(21)15-10-9-14(19)11-16(15)20/h5-11,17H,4,21H2,1-3H3. The number of rotatable bonds is 4. The van der Waals surface area contributed by atoms with Crippen LogP contribution in [0.3, 0.4) is 0 Å². The second-order valence-electron chi connectivity index (χ2n) is 6.00. The predicted octanol–water partition coefficient (Wildman–Crippen LogP) is 5.84. The summed E-state index contributed by atoms with van der Waals surface area (Å²) in [5.41, 5.74) is 9.91. The van der Waals surface area contributed by atoms with Gasteiger partial charge in [0.05, 0.1) is 6.04 Å². The van der Waals surface area contributed by atoms with Gasteiger partial charge in [0.25, 0.3) is 0 Å². The number of halogens is 2. The SMILES string of the molecule is CCC(C)(C)c1ccc(C(N)c2ccc(Br)cc2Cl)cc1. The lowest BCUT2D eigenvalue weighted by Gasteiger charge is -2.24. The highest BCUT2D eigenvalue weighted by Crippen LogP contribution is 2.31. The van der Waals surface area contributed by atoms with Gasteiger partial charge in [-0.15, -0.1) is 0 Å². The van der Waals surface area contributed by atoms with Crippen molar-refractivity contribution in [3.63, 3.8) is 0 Å². The van der Waals surface area contributed by atoms with E-state index in [4.69, 9.17) is 17.3 Å². The van der Waals surface area contributed by atoms with E-state index in [0.29, 0.717) is 5.02 Å². The van der Waals surface area contributed by atoms with Crippen molar-refractivity contribution < 1.29 is 0 Å². The molecule has 1 atom stereocenters. The van der Waals surface area contributed by atoms with E-state index >= 15 is 0 Å². The van der Waals surface area contributed by atoms with Crippen molar-refractivity contribution >= 4 is 27.5 Å². The summed E-state index contributed by atoms with van der Waals surface area (Å²) in [7, 11) is 0. The zero-order valence-electron chi connectivity index (χ0n) is 12.7. The van der Waals surface area contributed by atoms with Gasteiger partial charge in [-0.25, -0.2) is 0 Å². The van der Waals surface area contributed by atoms with Gasteiger partial charge in [-0.2, -0.15) is 0 Å². The van der Waals surface area contributed by atoms with E-state index in [1.54, 1.807) is 0 Å². The fourth-order valence-corrected chi connectivity index (χ4v) is 3.07. The molecule has 2 aromatic rings. The summed E-state index contributed by atoms with van der Waals surface area (Å²) in [4.78, 5) is 0. The Hall–Kier alpha value is -0.830. The first-order valence-corrected chi connectivity index (χ1v) is 8.33. The molecule has 1 nitrogen and oxygen atoms in total. The second kappa shape index (κ2) is 6.51. The number of hydrogen-bond donors (Lipinski definition) is 1. The van der Waals surface area contributed by atoms with Crippen LogP contribution < -0.4 is 5.73 Å². The van der Waals surface area contributed by atoms with Crippen molar-refractivity contribution in [3.8, 4) is 0 Å². The first kappa shape index (κ1) is 16.5. The molecule has 0 saturated carbocycles. The molecule has 0 saturated heterocycles. The average molecular weight is 367 g/mol. The topological polar surface area (TPSA) is 26.0 Å². The minimum atomic E-state index is -0.204. The summed E-state index contributed by atoms with van der Waals surface area (Å²) in [6.45, 7) is 6.72. The van der Waals surface area contributed by atoms with E-state index < -0.39 is 0 Å². The third-order valence-electron chi connectivity index (χ3n) is 4.23. The Morgan fingerprint density at radius 1 is 1.14 bits per heavy atom. The molecule has 0 fully saturated rings. The molecule has 0 spiro atoms. The third kappa shape index (κ3) is 3.68. The van der Waals surface area contributed by atoms with Crippen molar-refractivity contribution in [1.82, 2.24) is 0 Å². The second-order valence-corrected chi connectivity index (χ2v) is 7.33. The minimum absolute atomic E-state index is 0.192. The zero-order chi connectivity index (χ0) is 15.6. The molecule has 3 heteroatoms. The van der Waals surface area contributed by atoms with Crippen LogP contribution in [0.4, 0.5) is 0 Å². The first-order chi connectivity index (χ1) is 9.85. The smallest absolute Gasteiger partial charge is 0.0566 e. The molecular formula is C18H21BrClN. The molecule has 0 aliphatic carbocycles. The van der Waals surface area contributed by atoms with Gasteiger partial charge >= 0.3 is 0 Å². The molecule has 0 amide bonds. The van der Waals surface area contributed by atoms with Crippen LogP contribution in [0.15, 0.2) is 46.9 Å². The Kier molecular flexibility index (Phi) is 5.13. The van der Waals surface area contributed by atoms with Crippen LogP contribution in [-0.2, 0) is 5.41 Å². The Bertz CT molecular complexity index is 620. The van der Waals surface area contributed by atoms with Gasteiger partial charge in [0.1, 0.15) is 0 Å². The van der Waals surface area contributed by atoms with Gasteiger partial charge in [0.15, 0.2) is 0 Å². The van der Waals surface area contributed by atoms with Crippen molar-refractivity contribution in [1.29, 1.82) is 0 Å². The number of nitrogens with two attached hydrogens (primary N) is 1. The molecule has 0 bridgehead atoms. The molecule has 2 N–H and O–H groups in total. The quantitative estimate of drug-likeness (QED) is 0.723. The van der Waals surface area contributed by atoms with E-state index in [1.165, 1.54) is 5.56 Å². The largest absolute Gasteiger partial charge is 0.320 e. The summed E-state index contributed by atoms with van der Waals surface area (Å²) in [6, 6.07) is 14.2. The van der Waals surface area contributed by atoms with Gasteiger partial charge < -0.3 is 5.73 Å². The van der Waals surface area contributed by atoms with Crippen LogP contribution in [0.5, 0.6) is 0 Å². The number of benzene rings is 2. The molecule has 0 aliphatic rings. The van der Waals surface area contributed by atoms with Crippen LogP contribution in [0.2, 0.25) is 5.02 Å². The maximum atomic E-state index is 6.36. The average Bonchev–Trinajstić information content (AvgIpc) is 2.47. The maximum Gasteiger partial charge on any atom is 0.0566 e. The van der Waals surface area contributed by atoms with Crippen LogP contribution in [0.1, 0.15) is 49.9 Å². The Morgan fingerprint density at radius 2 is 1.76 bits per heavy atom. The van der Waals surface area contributed by atoms with Gasteiger partial charge in [-0.3, -0.25) is 0 Å². The van der Waals surface area contributed by atoms with E-state index in [0.717, 1.165) is 22.0 Å². The first-order valence-electron chi connectivity index (χ1n) is 7.16. The summed E-state index contributed by atoms with van der Waals surface area (Å²) >= 11 is 9.71. The van der Waals surface area contributed by atoms with Gasteiger partial charge in [0.2, 0.25) is 0 Å². The summed E-state index contributed by atoms with van der Waals surface area (Å²) < 4.78 is 0.962. The highest BCUT2D eigenvalue weighted by atomic mass is 79.9. The molecule has 112 valence electrons. The fourth-order valence-electron chi connectivity index (χ4n) is 2.28. The molecule has 0 aliphatic heterocycles. The van der Waals surface area contributed by atoms with E-state index in [-0.39, 0.29) is 11.5 Å². The maximum absolute atomic E-state index is 6.36. The van der Waals surface area contributed by atoms with Gasteiger partial charge in [-0.1, -0.05) is 78.6 Å². The number of hydrogen-bond acceptors (Lipinski definition) is 1. The molecule has 0 radical (unpaired) electrons. The van der Waals surface area contributed by atoms with Crippen LogP contribution in [0, 0.1) is 0 Å². The summed E-state index contributed by atoms with van der Waals surface area (Å²) in [6.07, 6.45) is 1.11. The lowest BCUT2D eigenvalue weighted by atomic mass is 9.81. The van der Waals surface area contributed by atoms with Crippen LogP contribution in [0.25, 0.3) is 0 Å². The van der Waals surface area contributed by atoms with Crippen molar-refractivity contribution in [3.05, 3.63) is 68.7 Å². The Morgan fingerprint density at radius 3 is 2.29 bits per heavy atom. The highest BCUT2D eigenvalue weighted by Gasteiger charge is 2.19. The molecular weight excluding hydrogens is 346 g/mol. The van der Waals surface area contributed by atoms with Crippen molar-refractivity contribution in [2.75, 3.05) is 0 Å². The molecule has 2 aromatic carbocycles. The molecule has 0 aromatic heterocycles. The van der Waals surface area contributed by atoms with Crippen molar-refractivity contribution in [2.45, 2.75) is 38.6 Å². The summed E-state index contributed by atoms with van der Waals surface area (Å²) in [5, 5.41) is 0.690. The van der Waals surface area contributed by atoms with Crippen LogP contribution >= 0.6 is 27.5 Å². The molecule has 0 heterocycles. The van der Waals surface area contributed by atoms with Gasteiger partial charge in [0, 0.05) is 9.50 Å². The molecule has 1 unspecified atom stereocenters. The Balaban J connectivity index is 2.30. The lowest BCUT2D eigenvalue weighted by Crippen LogP contribution is -2.16. The molecule has 2 rings (SSSR count). The van der Waals surface area contributed by atoms with E-state index in [9.17, 15) is 0 Å². The van der Waals surface area contributed by atoms with E-state index in [1.807, 2.05) is 18.2 Å². The highest BCUT2D eigenvalue weighted by molar-refractivity contribution is 9.10. The normalized spacial score (nSPS) is 13.2. The Labute approximate surface area is 140 Å². The predicted molar refractivity (Wildman–Crippen MR) is 94.9 cm³/mol. The van der Waals surface area contributed by atoms with Crippen molar-refractivity contribution in [2.24, 2.45) is 5.73 Å². The lowest BCUT2D eigenvalue weighted by molar-refractivity contribution is 0.506. The fraction of sp³-hybridized carbons (Fsp3) is 0.333. The monoisotopic (exact) mass is 365 g/mol. The third-order valence-corrected chi connectivity index (χ3v) is 5.05. The minimum Gasteiger partial charge on any atom is -0.320 e. The van der Waals surface area contributed by atoms with E-state index in [2.05, 4.69) is 61.0 Å². The summed E-state index contributed by atoms with van der Waals surface area (Å²) in [5.74, 6) is 0.